The highest BCUT2D eigenvalue weighted by Crippen LogP contribution is 2.42. The van der Waals surface area contributed by atoms with Gasteiger partial charge in [0.25, 0.3) is 0 Å². The van der Waals surface area contributed by atoms with E-state index >= 15 is 0 Å². The van der Waals surface area contributed by atoms with Crippen molar-refractivity contribution in [1.82, 2.24) is 10.2 Å². The van der Waals surface area contributed by atoms with Crippen LogP contribution in [0.4, 0.5) is 4.79 Å². The second-order valence-electron chi connectivity index (χ2n) is 5.47. The average Bonchev–Trinajstić information content (AvgIpc) is 3.12. The number of nitrogens with one attached hydrogen (secondary N) is 1. The first-order chi connectivity index (χ1) is 9.06. The Labute approximate surface area is 118 Å². The zero-order valence-corrected chi connectivity index (χ0v) is 12.2. The van der Waals surface area contributed by atoms with Crippen molar-refractivity contribution in [3.05, 3.63) is 0 Å². The minimum Gasteiger partial charge on any atom is -0.481 e. The maximum absolute atomic E-state index is 12.2. The Bertz CT molecular complexity index is 348. The summed E-state index contributed by atoms with van der Waals surface area (Å²) in [5.41, 5.74) is 0. The highest BCUT2D eigenvalue weighted by Gasteiger charge is 2.38. The number of aliphatic carboxylic acids is 1. The van der Waals surface area contributed by atoms with E-state index in [2.05, 4.69) is 11.6 Å². The lowest BCUT2D eigenvalue weighted by Crippen LogP contribution is -2.50. The Morgan fingerprint density at radius 1 is 1.42 bits per heavy atom. The summed E-state index contributed by atoms with van der Waals surface area (Å²) in [4.78, 5) is 24.5. The minimum absolute atomic E-state index is 0.0254. The lowest BCUT2D eigenvalue weighted by Gasteiger charge is -2.40. The van der Waals surface area contributed by atoms with Crippen LogP contribution in [0.25, 0.3) is 0 Å². The lowest BCUT2D eigenvalue weighted by atomic mass is 9.84. The van der Waals surface area contributed by atoms with Crippen molar-refractivity contribution in [3.63, 3.8) is 0 Å². The number of rotatable bonds is 7. The summed E-state index contributed by atoms with van der Waals surface area (Å²) in [5.74, 6) is -0.849. The van der Waals surface area contributed by atoms with Gasteiger partial charge in [-0.15, -0.1) is 0 Å². The summed E-state index contributed by atoms with van der Waals surface area (Å²) < 4.78 is 0.220. The molecular formula is C13H22N2O3S. The molecule has 5 nitrogen and oxygen atoms in total. The monoisotopic (exact) mass is 286 g/mol. The molecule has 0 saturated heterocycles. The number of urea groups is 1. The number of amides is 2. The molecule has 108 valence electrons. The maximum Gasteiger partial charge on any atom is 0.317 e. The molecule has 2 aliphatic carbocycles. The average molecular weight is 286 g/mol. The summed E-state index contributed by atoms with van der Waals surface area (Å²) in [6.45, 7) is 1.02. The van der Waals surface area contributed by atoms with E-state index in [0.29, 0.717) is 13.1 Å². The lowest BCUT2D eigenvalue weighted by molar-refractivity contribution is -0.137. The first-order valence-electron chi connectivity index (χ1n) is 6.88. The Kier molecular flexibility index (Phi) is 4.60. The van der Waals surface area contributed by atoms with Crippen molar-refractivity contribution in [2.45, 2.75) is 49.3 Å². The molecule has 2 amide bonds. The molecular weight excluding hydrogens is 264 g/mol. The number of hydrogen-bond acceptors (Lipinski definition) is 3. The number of carbonyl (C=O) groups is 2. The van der Waals surface area contributed by atoms with Crippen molar-refractivity contribution >= 4 is 23.8 Å². The van der Waals surface area contributed by atoms with E-state index in [-0.39, 0.29) is 23.2 Å². The van der Waals surface area contributed by atoms with E-state index in [0.717, 1.165) is 25.7 Å². The SMILES string of the molecule is CSC1(CNC(=O)N(CCC(=O)O)C2CC2)CCC1. The van der Waals surface area contributed by atoms with E-state index < -0.39 is 5.97 Å². The molecule has 0 atom stereocenters. The molecule has 0 spiro atoms. The number of carboxylic acid groups (broad SMARTS) is 1. The fourth-order valence-electron chi connectivity index (χ4n) is 2.41. The van der Waals surface area contributed by atoms with E-state index in [1.165, 1.54) is 6.42 Å². The van der Waals surface area contributed by atoms with Gasteiger partial charge in [0, 0.05) is 23.9 Å². The van der Waals surface area contributed by atoms with Crippen LogP contribution in [-0.4, -0.2) is 52.1 Å². The summed E-state index contributed by atoms with van der Waals surface area (Å²) in [5, 5.41) is 11.7. The van der Waals surface area contributed by atoms with E-state index in [4.69, 9.17) is 5.11 Å². The highest BCUT2D eigenvalue weighted by atomic mass is 32.2. The minimum atomic E-state index is -0.849. The van der Waals surface area contributed by atoms with Gasteiger partial charge >= 0.3 is 12.0 Å². The third kappa shape index (κ3) is 3.78. The molecule has 6 heteroatoms. The summed E-state index contributed by atoms with van der Waals surface area (Å²) in [7, 11) is 0. The molecule has 0 aromatic carbocycles. The van der Waals surface area contributed by atoms with Crippen molar-refractivity contribution in [3.8, 4) is 0 Å². The first kappa shape index (κ1) is 14.5. The first-order valence-corrected chi connectivity index (χ1v) is 8.10. The summed E-state index contributed by atoms with van der Waals surface area (Å²) in [6.07, 6.45) is 7.68. The predicted octanol–water partition coefficient (Wildman–Crippen LogP) is 1.92. The fourth-order valence-corrected chi connectivity index (χ4v) is 3.33. The van der Waals surface area contributed by atoms with Gasteiger partial charge in [0.05, 0.1) is 6.42 Å². The van der Waals surface area contributed by atoms with Gasteiger partial charge < -0.3 is 15.3 Å². The van der Waals surface area contributed by atoms with Crippen molar-refractivity contribution in [1.29, 1.82) is 0 Å². The zero-order chi connectivity index (χ0) is 13.9. The van der Waals surface area contributed by atoms with Crippen molar-refractivity contribution in [2.24, 2.45) is 0 Å². The van der Waals surface area contributed by atoms with Gasteiger partial charge in [-0.1, -0.05) is 6.42 Å². The van der Waals surface area contributed by atoms with Crippen LogP contribution < -0.4 is 5.32 Å². The second kappa shape index (κ2) is 6.03. The summed E-state index contributed by atoms with van der Waals surface area (Å²) in [6, 6.07) is 0.162. The number of thioether (sulfide) groups is 1. The molecule has 0 aromatic heterocycles. The second-order valence-corrected chi connectivity index (χ2v) is 6.74. The van der Waals surface area contributed by atoms with Crippen LogP contribution in [0.1, 0.15) is 38.5 Å². The van der Waals surface area contributed by atoms with Crippen molar-refractivity contribution < 1.29 is 14.7 Å². The normalized spacial score (nSPS) is 20.5. The van der Waals surface area contributed by atoms with Gasteiger partial charge in [-0.25, -0.2) is 4.79 Å². The Morgan fingerprint density at radius 3 is 2.53 bits per heavy atom. The molecule has 0 radical (unpaired) electrons. The van der Waals surface area contributed by atoms with Gasteiger partial charge in [-0.3, -0.25) is 4.79 Å². The number of hydrogen-bond donors (Lipinski definition) is 2. The number of carboxylic acids is 1. The molecule has 0 aromatic rings. The van der Waals surface area contributed by atoms with Crippen LogP contribution in [-0.2, 0) is 4.79 Å². The van der Waals surface area contributed by atoms with Crippen LogP contribution in [0.3, 0.4) is 0 Å². The maximum atomic E-state index is 12.2. The van der Waals surface area contributed by atoms with Crippen LogP contribution in [0.5, 0.6) is 0 Å². The highest BCUT2D eigenvalue weighted by molar-refractivity contribution is 8.00. The van der Waals surface area contributed by atoms with Gasteiger partial charge in [0.15, 0.2) is 0 Å². The molecule has 0 heterocycles. The summed E-state index contributed by atoms with van der Waals surface area (Å²) >= 11 is 1.83. The van der Waals surface area contributed by atoms with E-state index in [9.17, 15) is 9.59 Å². The third-order valence-electron chi connectivity index (χ3n) is 4.07. The smallest absolute Gasteiger partial charge is 0.317 e. The molecule has 0 bridgehead atoms. The largest absolute Gasteiger partial charge is 0.481 e. The van der Waals surface area contributed by atoms with E-state index in [1.54, 1.807) is 4.90 Å². The quantitative estimate of drug-likeness (QED) is 0.750. The van der Waals surface area contributed by atoms with Crippen LogP contribution in [0, 0.1) is 0 Å². The molecule has 2 rings (SSSR count). The van der Waals surface area contributed by atoms with Crippen LogP contribution in [0.2, 0.25) is 0 Å². The van der Waals surface area contributed by atoms with Gasteiger partial charge in [0.1, 0.15) is 0 Å². The molecule has 2 aliphatic rings. The third-order valence-corrected chi connectivity index (χ3v) is 5.49. The van der Waals surface area contributed by atoms with Gasteiger partial charge in [-0.05, 0) is 31.9 Å². The Morgan fingerprint density at radius 2 is 2.11 bits per heavy atom. The predicted molar refractivity (Wildman–Crippen MR) is 75.5 cm³/mol. The molecule has 0 aliphatic heterocycles. The van der Waals surface area contributed by atoms with E-state index in [1.807, 2.05) is 11.8 Å². The van der Waals surface area contributed by atoms with Crippen molar-refractivity contribution in [2.75, 3.05) is 19.3 Å². The molecule has 0 unspecified atom stereocenters. The molecule has 2 fully saturated rings. The molecule has 2 N–H and O–H groups in total. The van der Waals surface area contributed by atoms with Gasteiger partial charge in [-0.2, -0.15) is 11.8 Å². The number of nitrogens with zero attached hydrogens (tertiary/aromatic N) is 1. The Balaban J connectivity index is 1.80. The molecule has 19 heavy (non-hydrogen) atoms. The van der Waals surface area contributed by atoms with Gasteiger partial charge in [0.2, 0.25) is 0 Å². The Hall–Kier alpha value is -0.910. The zero-order valence-electron chi connectivity index (χ0n) is 11.4. The fraction of sp³-hybridized carbons (Fsp3) is 0.846. The van der Waals surface area contributed by atoms with Crippen LogP contribution >= 0.6 is 11.8 Å². The van der Waals surface area contributed by atoms with Crippen LogP contribution in [0.15, 0.2) is 0 Å². The molecule has 2 saturated carbocycles. The topological polar surface area (TPSA) is 69.6 Å². The standard InChI is InChI=1S/C13H22N2O3S/c1-19-13(6-2-7-13)9-14-12(18)15(10-3-4-10)8-5-11(16)17/h10H,2-9H2,1H3,(H,14,18)(H,16,17). The number of carbonyl (C=O) groups excluding carboxylic acids is 1.